The van der Waals surface area contributed by atoms with Crippen molar-refractivity contribution in [2.24, 2.45) is 5.73 Å². The van der Waals surface area contributed by atoms with Crippen LogP contribution in [0.4, 0.5) is 5.69 Å². The van der Waals surface area contributed by atoms with Crippen molar-refractivity contribution >= 4 is 5.69 Å². The van der Waals surface area contributed by atoms with E-state index in [-0.39, 0.29) is 0 Å². The fourth-order valence-corrected chi connectivity index (χ4v) is 2.46. The first-order valence-electron chi connectivity index (χ1n) is 5.82. The summed E-state index contributed by atoms with van der Waals surface area (Å²) in [6, 6.07) is 6.34. The maximum absolute atomic E-state index is 5.80. The largest absolute Gasteiger partial charge is 0.380 e. The zero-order valence-corrected chi connectivity index (χ0v) is 10.1. The van der Waals surface area contributed by atoms with E-state index in [2.05, 4.69) is 30.0 Å². The summed E-state index contributed by atoms with van der Waals surface area (Å²) in [5.41, 5.74) is 9.64. The number of hydrogen-bond donors (Lipinski definition) is 1. The van der Waals surface area contributed by atoms with Gasteiger partial charge in [-0.2, -0.15) is 0 Å². The average Bonchev–Trinajstić information content (AvgIpc) is 2.76. The Morgan fingerprint density at radius 1 is 1.50 bits per heavy atom. The van der Waals surface area contributed by atoms with Crippen molar-refractivity contribution in [1.82, 2.24) is 0 Å². The molecule has 2 rings (SSSR count). The van der Waals surface area contributed by atoms with Gasteiger partial charge in [0.05, 0.1) is 6.10 Å². The smallest absolute Gasteiger partial charge is 0.0762 e. The minimum absolute atomic E-state index is 0.366. The highest BCUT2D eigenvalue weighted by Gasteiger charge is 2.24. The van der Waals surface area contributed by atoms with Crippen LogP contribution < -0.4 is 10.6 Å². The van der Waals surface area contributed by atoms with Gasteiger partial charge < -0.3 is 15.4 Å². The number of benzene rings is 1. The molecule has 3 nitrogen and oxygen atoms in total. The van der Waals surface area contributed by atoms with E-state index >= 15 is 0 Å². The molecule has 1 aliphatic heterocycles. The first kappa shape index (κ1) is 11.4. The number of nitrogens with zero attached hydrogens (tertiary/aromatic N) is 1. The molecule has 0 aromatic heterocycles. The molecule has 0 spiro atoms. The lowest BCUT2D eigenvalue weighted by molar-refractivity contribution is 0.121. The molecule has 1 heterocycles. The molecule has 1 aromatic carbocycles. The second kappa shape index (κ2) is 4.85. The van der Waals surface area contributed by atoms with Gasteiger partial charge in [-0.1, -0.05) is 18.2 Å². The zero-order valence-electron chi connectivity index (χ0n) is 10.1. The lowest BCUT2D eigenvalue weighted by atomic mass is 10.1. The minimum Gasteiger partial charge on any atom is -0.380 e. The highest BCUT2D eigenvalue weighted by atomic mass is 16.5. The summed E-state index contributed by atoms with van der Waals surface area (Å²) in [7, 11) is 1.79. The molecule has 1 fully saturated rings. The summed E-state index contributed by atoms with van der Waals surface area (Å²) in [5, 5.41) is 0. The van der Waals surface area contributed by atoms with Gasteiger partial charge in [0.15, 0.2) is 0 Å². The van der Waals surface area contributed by atoms with E-state index < -0.39 is 0 Å². The Balaban J connectivity index is 2.26. The number of ether oxygens (including phenoxy) is 1. The molecule has 0 amide bonds. The molecule has 0 radical (unpaired) electrons. The molecule has 1 aliphatic rings. The lowest BCUT2D eigenvalue weighted by Gasteiger charge is -2.23. The number of hydrogen-bond acceptors (Lipinski definition) is 3. The standard InChI is InChI=1S/C13H20N2O/c1-10-4-3-5-11(8-14)13(10)15-7-6-12(9-15)16-2/h3-5,12H,6-9,14H2,1-2H3. The van der Waals surface area contributed by atoms with Gasteiger partial charge in [-0.3, -0.25) is 0 Å². The van der Waals surface area contributed by atoms with Crippen molar-refractivity contribution < 1.29 is 4.74 Å². The third kappa shape index (κ3) is 2.06. The number of anilines is 1. The van der Waals surface area contributed by atoms with Crippen LogP contribution in [0.2, 0.25) is 0 Å². The summed E-state index contributed by atoms with van der Waals surface area (Å²) in [4.78, 5) is 2.39. The third-order valence-corrected chi connectivity index (χ3v) is 3.34. The predicted molar refractivity (Wildman–Crippen MR) is 66.7 cm³/mol. The van der Waals surface area contributed by atoms with Gasteiger partial charge in [-0.25, -0.2) is 0 Å². The molecular weight excluding hydrogens is 200 g/mol. The Morgan fingerprint density at radius 3 is 2.94 bits per heavy atom. The Hall–Kier alpha value is -1.06. The number of rotatable bonds is 3. The van der Waals surface area contributed by atoms with Gasteiger partial charge >= 0.3 is 0 Å². The van der Waals surface area contributed by atoms with Crippen molar-refractivity contribution in [2.45, 2.75) is 26.0 Å². The van der Waals surface area contributed by atoms with E-state index in [0.29, 0.717) is 12.6 Å². The first-order chi connectivity index (χ1) is 7.76. The molecule has 1 aromatic rings. The zero-order chi connectivity index (χ0) is 11.5. The van der Waals surface area contributed by atoms with Crippen LogP contribution >= 0.6 is 0 Å². The van der Waals surface area contributed by atoms with Crippen molar-refractivity contribution in [3.8, 4) is 0 Å². The SMILES string of the molecule is COC1CCN(c2c(C)cccc2CN)C1. The third-order valence-electron chi connectivity index (χ3n) is 3.34. The first-order valence-corrected chi connectivity index (χ1v) is 5.82. The molecule has 0 bridgehead atoms. The number of methoxy groups -OCH3 is 1. The second-order valence-corrected chi connectivity index (χ2v) is 4.38. The van der Waals surface area contributed by atoms with Crippen LogP contribution in [0.25, 0.3) is 0 Å². The Kier molecular flexibility index (Phi) is 3.46. The fraction of sp³-hybridized carbons (Fsp3) is 0.538. The van der Waals surface area contributed by atoms with Crippen LogP contribution in [0.15, 0.2) is 18.2 Å². The second-order valence-electron chi connectivity index (χ2n) is 4.38. The van der Waals surface area contributed by atoms with Crippen molar-refractivity contribution in [3.05, 3.63) is 29.3 Å². The quantitative estimate of drug-likeness (QED) is 0.842. The van der Waals surface area contributed by atoms with Crippen LogP contribution in [-0.4, -0.2) is 26.3 Å². The molecule has 1 unspecified atom stereocenters. The van der Waals surface area contributed by atoms with Gasteiger partial charge in [-0.15, -0.1) is 0 Å². The fourth-order valence-electron chi connectivity index (χ4n) is 2.46. The average molecular weight is 220 g/mol. The van der Waals surface area contributed by atoms with E-state index in [4.69, 9.17) is 10.5 Å². The Morgan fingerprint density at radius 2 is 2.31 bits per heavy atom. The van der Waals surface area contributed by atoms with Gasteiger partial charge in [0.2, 0.25) is 0 Å². The number of para-hydroxylation sites is 1. The monoisotopic (exact) mass is 220 g/mol. The van der Waals surface area contributed by atoms with Gasteiger partial charge in [0.25, 0.3) is 0 Å². The summed E-state index contributed by atoms with van der Waals surface area (Å²) in [5.74, 6) is 0. The van der Waals surface area contributed by atoms with E-state index in [1.54, 1.807) is 7.11 Å². The maximum Gasteiger partial charge on any atom is 0.0762 e. The predicted octanol–water partition coefficient (Wildman–Crippen LogP) is 1.68. The molecule has 88 valence electrons. The normalized spacial score (nSPS) is 20.4. The van der Waals surface area contributed by atoms with Crippen LogP contribution in [0.5, 0.6) is 0 Å². The summed E-state index contributed by atoms with van der Waals surface area (Å²) in [6.45, 7) is 4.80. The Bertz CT molecular complexity index is 365. The topological polar surface area (TPSA) is 38.5 Å². The van der Waals surface area contributed by atoms with E-state index in [9.17, 15) is 0 Å². The van der Waals surface area contributed by atoms with Crippen LogP contribution in [0, 0.1) is 6.92 Å². The molecular formula is C13H20N2O. The summed E-state index contributed by atoms with van der Waals surface area (Å²) in [6.07, 6.45) is 1.47. The number of aryl methyl sites for hydroxylation is 1. The van der Waals surface area contributed by atoms with Crippen molar-refractivity contribution in [2.75, 3.05) is 25.1 Å². The van der Waals surface area contributed by atoms with E-state index in [1.807, 2.05) is 0 Å². The summed E-state index contributed by atoms with van der Waals surface area (Å²) >= 11 is 0. The molecule has 1 saturated heterocycles. The highest BCUT2D eigenvalue weighted by Crippen LogP contribution is 2.28. The molecule has 0 saturated carbocycles. The minimum atomic E-state index is 0.366. The van der Waals surface area contributed by atoms with Crippen LogP contribution in [0.1, 0.15) is 17.5 Å². The van der Waals surface area contributed by atoms with Crippen LogP contribution in [-0.2, 0) is 11.3 Å². The van der Waals surface area contributed by atoms with Gasteiger partial charge in [-0.05, 0) is 24.5 Å². The molecule has 1 atom stereocenters. The van der Waals surface area contributed by atoms with E-state index in [1.165, 1.54) is 16.8 Å². The highest BCUT2D eigenvalue weighted by molar-refractivity contribution is 5.60. The Labute approximate surface area is 97.2 Å². The van der Waals surface area contributed by atoms with Crippen LogP contribution in [0.3, 0.4) is 0 Å². The van der Waals surface area contributed by atoms with Gasteiger partial charge in [0, 0.05) is 32.4 Å². The number of nitrogens with two attached hydrogens (primary N) is 1. The lowest BCUT2D eigenvalue weighted by Crippen LogP contribution is -2.24. The maximum atomic E-state index is 5.80. The molecule has 3 heteroatoms. The molecule has 2 N–H and O–H groups in total. The van der Waals surface area contributed by atoms with Gasteiger partial charge in [0.1, 0.15) is 0 Å². The molecule has 16 heavy (non-hydrogen) atoms. The summed E-state index contributed by atoms with van der Waals surface area (Å²) < 4.78 is 5.40. The molecule has 0 aliphatic carbocycles. The van der Waals surface area contributed by atoms with E-state index in [0.717, 1.165) is 19.5 Å². The van der Waals surface area contributed by atoms with Crippen molar-refractivity contribution in [3.63, 3.8) is 0 Å². The van der Waals surface area contributed by atoms with Crippen molar-refractivity contribution in [1.29, 1.82) is 0 Å².